The van der Waals surface area contributed by atoms with Crippen LogP contribution in [-0.2, 0) is 4.74 Å². The summed E-state index contributed by atoms with van der Waals surface area (Å²) in [6.45, 7) is 1.88. The summed E-state index contributed by atoms with van der Waals surface area (Å²) in [5.74, 6) is -3.05. The Labute approximate surface area is 77.1 Å². The highest BCUT2D eigenvalue weighted by molar-refractivity contribution is 4.74. The van der Waals surface area contributed by atoms with E-state index in [9.17, 15) is 8.78 Å². The van der Waals surface area contributed by atoms with Crippen molar-refractivity contribution in [2.45, 2.75) is 31.9 Å². The summed E-state index contributed by atoms with van der Waals surface area (Å²) >= 11 is 0. The van der Waals surface area contributed by atoms with Gasteiger partial charge in [-0.1, -0.05) is 0 Å². The zero-order valence-electron chi connectivity index (χ0n) is 8.18. The quantitative estimate of drug-likeness (QED) is 0.656. The van der Waals surface area contributed by atoms with Crippen LogP contribution in [0.15, 0.2) is 0 Å². The standard InChI is InChI=1S/C8H17F2NO2/c1-6(7(2)13-3)11-4-8(9,10)5-12/h6-7,11-12H,4-5H2,1-3H3. The van der Waals surface area contributed by atoms with Crippen LogP contribution in [0, 0.1) is 0 Å². The molecular formula is C8H17F2NO2. The molecule has 0 aromatic rings. The van der Waals surface area contributed by atoms with Crippen molar-refractivity contribution in [3.05, 3.63) is 0 Å². The largest absolute Gasteiger partial charge is 0.390 e. The first kappa shape index (κ1) is 12.7. The van der Waals surface area contributed by atoms with Gasteiger partial charge in [-0.2, -0.15) is 0 Å². The molecule has 0 radical (unpaired) electrons. The Kier molecular flexibility index (Phi) is 5.36. The van der Waals surface area contributed by atoms with Crippen LogP contribution < -0.4 is 5.32 Å². The minimum atomic E-state index is -3.05. The average molecular weight is 197 g/mol. The molecule has 0 saturated heterocycles. The zero-order chi connectivity index (χ0) is 10.5. The molecule has 0 heterocycles. The maximum atomic E-state index is 12.5. The number of nitrogens with one attached hydrogen (secondary N) is 1. The van der Waals surface area contributed by atoms with Crippen LogP contribution in [0.4, 0.5) is 8.78 Å². The Balaban J connectivity index is 3.75. The minimum absolute atomic E-state index is 0.130. The highest BCUT2D eigenvalue weighted by atomic mass is 19.3. The third kappa shape index (κ3) is 5.13. The van der Waals surface area contributed by atoms with Gasteiger partial charge in [-0.15, -0.1) is 0 Å². The van der Waals surface area contributed by atoms with Crippen LogP contribution in [0.3, 0.4) is 0 Å². The Bertz CT molecular complexity index is 144. The van der Waals surface area contributed by atoms with Crippen LogP contribution >= 0.6 is 0 Å². The number of ether oxygens (including phenoxy) is 1. The van der Waals surface area contributed by atoms with Gasteiger partial charge in [-0.05, 0) is 13.8 Å². The first-order valence-electron chi connectivity index (χ1n) is 4.18. The fourth-order valence-electron chi connectivity index (χ4n) is 0.736. The number of halogens is 2. The molecule has 0 aliphatic rings. The lowest BCUT2D eigenvalue weighted by atomic mass is 10.2. The highest BCUT2D eigenvalue weighted by Gasteiger charge is 2.28. The van der Waals surface area contributed by atoms with Crippen molar-refractivity contribution >= 4 is 0 Å². The lowest BCUT2D eigenvalue weighted by Crippen LogP contribution is -2.44. The van der Waals surface area contributed by atoms with Crippen LogP contribution in [0.1, 0.15) is 13.8 Å². The van der Waals surface area contributed by atoms with Crippen molar-refractivity contribution in [2.75, 3.05) is 20.3 Å². The Morgan fingerprint density at radius 3 is 2.38 bits per heavy atom. The summed E-state index contributed by atoms with van der Waals surface area (Å²) in [5.41, 5.74) is 0. The van der Waals surface area contributed by atoms with Crippen molar-refractivity contribution in [3.63, 3.8) is 0 Å². The molecule has 0 aliphatic heterocycles. The van der Waals surface area contributed by atoms with E-state index in [-0.39, 0.29) is 12.1 Å². The SMILES string of the molecule is COC(C)C(C)NCC(F)(F)CO. The molecule has 0 saturated carbocycles. The molecule has 0 rings (SSSR count). The van der Waals surface area contributed by atoms with E-state index in [1.807, 2.05) is 0 Å². The Hall–Kier alpha value is -0.260. The first-order valence-corrected chi connectivity index (χ1v) is 4.18. The zero-order valence-corrected chi connectivity index (χ0v) is 8.18. The Morgan fingerprint density at radius 1 is 1.46 bits per heavy atom. The van der Waals surface area contributed by atoms with Crippen molar-refractivity contribution in [2.24, 2.45) is 0 Å². The third-order valence-corrected chi connectivity index (χ3v) is 1.99. The summed E-state index contributed by atoms with van der Waals surface area (Å²) in [4.78, 5) is 0. The number of hydrogen-bond donors (Lipinski definition) is 2. The van der Waals surface area contributed by atoms with E-state index in [0.717, 1.165) is 0 Å². The van der Waals surface area contributed by atoms with E-state index in [4.69, 9.17) is 9.84 Å². The summed E-state index contributed by atoms with van der Waals surface area (Å²) in [5, 5.41) is 10.9. The average Bonchev–Trinajstić information content (AvgIpc) is 2.13. The van der Waals surface area contributed by atoms with Crippen LogP contribution in [-0.4, -0.2) is 43.4 Å². The molecule has 3 nitrogen and oxygen atoms in total. The van der Waals surface area contributed by atoms with E-state index >= 15 is 0 Å². The molecule has 5 heteroatoms. The number of rotatable bonds is 6. The van der Waals surface area contributed by atoms with E-state index in [1.54, 1.807) is 13.8 Å². The van der Waals surface area contributed by atoms with Gasteiger partial charge in [-0.3, -0.25) is 0 Å². The van der Waals surface area contributed by atoms with Crippen molar-refractivity contribution in [3.8, 4) is 0 Å². The van der Waals surface area contributed by atoms with E-state index in [0.29, 0.717) is 0 Å². The number of aliphatic hydroxyl groups is 1. The van der Waals surface area contributed by atoms with E-state index < -0.39 is 19.1 Å². The van der Waals surface area contributed by atoms with Gasteiger partial charge in [0.1, 0.15) is 6.61 Å². The molecule has 0 bridgehead atoms. The molecule has 0 aromatic carbocycles. The number of hydrogen-bond acceptors (Lipinski definition) is 3. The second-order valence-electron chi connectivity index (χ2n) is 3.12. The first-order chi connectivity index (χ1) is 5.93. The number of methoxy groups -OCH3 is 1. The van der Waals surface area contributed by atoms with Crippen molar-refractivity contribution in [1.82, 2.24) is 5.32 Å². The van der Waals surface area contributed by atoms with Gasteiger partial charge in [0.05, 0.1) is 12.6 Å². The maximum Gasteiger partial charge on any atom is 0.282 e. The predicted molar refractivity (Wildman–Crippen MR) is 46.0 cm³/mol. The van der Waals surface area contributed by atoms with Crippen LogP contribution in [0.25, 0.3) is 0 Å². The molecular weight excluding hydrogens is 180 g/mol. The molecule has 0 aromatic heterocycles. The lowest BCUT2D eigenvalue weighted by molar-refractivity contribution is -0.0522. The molecule has 0 amide bonds. The second kappa shape index (κ2) is 5.47. The normalized spacial score (nSPS) is 17.1. The maximum absolute atomic E-state index is 12.5. The molecule has 0 fully saturated rings. The van der Waals surface area contributed by atoms with Gasteiger partial charge in [0.2, 0.25) is 0 Å². The van der Waals surface area contributed by atoms with Gasteiger partial charge in [0.15, 0.2) is 0 Å². The Morgan fingerprint density at radius 2 is 2.00 bits per heavy atom. The van der Waals surface area contributed by atoms with Gasteiger partial charge in [-0.25, -0.2) is 8.78 Å². The summed E-state index contributed by atoms with van der Waals surface area (Å²) < 4.78 is 30.0. The lowest BCUT2D eigenvalue weighted by Gasteiger charge is -2.22. The second-order valence-corrected chi connectivity index (χ2v) is 3.12. The monoisotopic (exact) mass is 197 g/mol. The van der Waals surface area contributed by atoms with Gasteiger partial charge >= 0.3 is 0 Å². The molecule has 2 atom stereocenters. The summed E-state index contributed by atoms with van der Waals surface area (Å²) in [7, 11) is 1.52. The van der Waals surface area contributed by atoms with E-state index in [2.05, 4.69) is 5.32 Å². The van der Waals surface area contributed by atoms with Crippen LogP contribution in [0.2, 0.25) is 0 Å². The van der Waals surface area contributed by atoms with Gasteiger partial charge < -0.3 is 15.2 Å². The summed E-state index contributed by atoms with van der Waals surface area (Å²) in [6.07, 6.45) is -0.130. The molecule has 13 heavy (non-hydrogen) atoms. The van der Waals surface area contributed by atoms with Gasteiger partial charge in [0.25, 0.3) is 5.92 Å². The number of alkyl halides is 2. The molecule has 80 valence electrons. The van der Waals surface area contributed by atoms with Crippen LogP contribution in [0.5, 0.6) is 0 Å². The molecule has 0 spiro atoms. The fourth-order valence-corrected chi connectivity index (χ4v) is 0.736. The van der Waals surface area contributed by atoms with Gasteiger partial charge in [0, 0.05) is 13.2 Å². The van der Waals surface area contributed by atoms with Crippen molar-refractivity contribution in [1.29, 1.82) is 0 Å². The van der Waals surface area contributed by atoms with Crippen molar-refractivity contribution < 1.29 is 18.6 Å². The minimum Gasteiger partial charge on any atom is -0.390 e. The summed E-state index contributed by atoms with van der Waals surface area (Å²) in [6, 6.07) is -0.164. The fraction of sp³-hybridized carbons (Fsp3) is 1.00. The molecule has 2 N–H and O–H groups in total. The topological polar surface area (TPSA) is 41.5 Å². The smallest absolute Gasteiger partial charge is 0.282 e. The third-order valence-electron chi connectivity index (χ3n) is 1.99. The molecule has 0 aliphatic carbocycles. The predicted octanol–water partition coefficient (Wildman–Crippen LogP) is 0.627. The van der Waals surface area contributed by atoms with E-state index in [1.165, 1.54) is 7.11 Å². The molecule has 2 unspecified atom stereocenters. The highest BCUT2D eigenvalue weighted by Crippen LogP contribution is 2.10. The number of aliphatic hydroxyl groups excluding tert-OH is 1.